The van der Waals surface area contributed by atoms with E-state index in [1.54, 1.807) is 12.1 Å². The Bertz CT molecular complexity index is 396. The van der Waals surface area contributed by atoms with E-state index in [2.05, 4.69) is 15.2 Å². The van der Waals surface area contributed by atoms with Crippen LogP contribution >= 0.6 is 0 Å². The summed E-state index contributed by atoms with van der Waals surface area (Å²) in [7, 11) is 0. The van der Waals surface area contributed by atoms with Gasteiger partial charge in [-0.05, 0) is 12.1 Å². The molecule has 134 valence electrons. The highest BCUT2D eigenvalue weighted by Crippen LogP contribution is 2.18. The molecule has 0 bridgehead atoms. The maximum absolute atomic E-state index is 12.9. The summed E-state index contributed by atoms with van der Waals surface area (Å²) >= 11 is 0. The molecule has 7 heteroatoms. The summed E-state index contributed by atoms with van der Waals surface area (Å²) in [5, 5.41) is 3.25. The van der Waals surface area contributed by atoms with Crippen molar-refractivity contribution in [2.24, 2.45) is 5.73 Å². The Balaban J connectivity index is 0.00000112. The quantitative estimate of drug-likeness (QED) is 0.867. The van der Waals surface area contributed by atoms with Gasteiger partial charge in [0.05, 0.1) is 12.7 Å². The third kappa shape index (κ3) is 8.08. The molecule has 2 heterocycles. The van der Waals surface area contributed by atoms with Crippen LogP contribution in [0.1, 0.15) is 27.7 Å². The van der Waals surface area contributed by atoms with E-state index >= 15 is 0 Å². The first kappa shape index (κ1) is 21.5. The topological polar surface area (TPSA) is 63.4 Å². The SMILES string of the molecule is CC.CC.NCC(F)(F)COc1ccc(N2CCNCC2)nc1. The van der Waals surface area contributed by atoms with E-state index in [0.29, 0.717) is 5.75 Å². The molecule has 0 aliphatic carbocycles. The fourth-order valence-electron chi connectivity index (χ4n) is 1.79. The number of piperazine rings is 1. The van der Waals surface area contributed by atoms with Crippen molar-refractivity contribution in [1.29, 1.82) is 0 Å². The van der Waals surface area contributed by atoms with Crippen molar-refractivity contribution >= 4 is 5.82 Å². The average molecular weight is 332 g/mol. The second-order valence-corrected chi connectivity index (χ2v) is 4.44. The molecular weight excluding hydrogens is 302 g/mol. The monoisotopic (exact) mass is 332 g/mol. The van der Waals surface area contributed by atoms with Gasteiger partial charge in [0, 0.05) is 26.2 Å². The van der Waals surface area contributed by atoms with Crippen LogP contribution < -0.4 is 20.7 Å². The minimum absolute atomic E-state index is 0.326. The van der Waals surface area contributed by atoms with Gasteiger partial charge in [-0.3, -0.25) is 0 Å². The van der Waals surface area contributed by atoms with E-state index in [-0.39, 0.29) is 0 Å². The van der Waals surface area contributed by atoms with Crippen LogP contribution in [0.5, 0.6) is 5.75 Å². The number of nitrogens with zero attached hydrogens (tertiary/aromatic N) is 2. The van der Waals surface area contributed by atoms with Crippen molar-refractivity contribution in [2.75, 3.05) is 44.2 Å². The summed E-state index contributed by atoms with van der Waals surface area (Å²) in [6.07, 6.45) is 1.46. The van der Waals surface area contributed by atoms with Gasteiger partial charge in [-0.25, -0.2) is 13.8 Å². The molecule has 1 aromatic rings. The molecule has 3 N–H and O–H groups in total. The predicted octanol–water partition coefficient (Wildman–Crippen LogP) is 2.52. The summed E-state index contributed by atoms with van der Waals surface area (Å²) in [4.78, 5) is 6.36. The van der Waals surface area contributed by atoms with Crippen LogP contribution in [0.25, 0.3) is 0 Å². The van der Waals surface area contributed by atoms with Crippen LogP contribution in [0.4, 0.5) is 14.6 Å². The summed E-state index contributed by atoms with van der Waals surface area (Å²) in [5.74, 6) is -1.84. The molecular formula is C16H30F2N4O. The van der Waals surface area contributed by atoms with Crippen molar-refractivity contribution in [2.45, 2.75) is 33.6 Å². The van der Waals surface area contributed by atoms with E-state index in [1.807, 2.05) is 27.7 Å². The van der Waals surface area contributed by atoms with E-state index in [1.165, 1.54) is 6.20 Å². The lowest BCUT2D eigenvalue weighted by Gasteiger charge is -2.28. The lowest BCUT2D eigenvalue weighted by atomic mass is 10.3. The number of ether oxygens (including phenoxy) is 1. The minimum atomic E-state index is -3.00. The molecule has 0 saturated carbocycles. The Hall–Kier alpha value is -1.47. The molecule has 0 atom stereocenters. The number of hydrogen-bond donors (Lipinski definition) is 2. The molecule has 1 fully saturated rings. The fraction of sp³-hybridized carbons (Fsp3) is 0.688. The molecule has 1 aromatic heterocycles. The molecule has 2 rings (SSSR count). The molecule has 5 nitrogen and oxygen atoms in total. The first-order valence-corrected chi connectivity index (χ1v) is 8.23. The number of hydrogen-bond acceptors (Lipinski definition) is 5. The van der Waals surface area contributed by atoms with Crippen molar-refractivity contribution in [1.82, 2.24) is 10.3 Å². The minimum Gasteiger partial charge on any atom is -0.486 e. The highest BCUT2D eigenvalue weighted by atomic mass is 19.3. The molecule has 0 radical (unpaired) electrons. The van der Waals surface area contributed by atoms with Crippen LogP contribution in [0.2, 0.25) is 0 Å². The van der Waals surface area contributed by atoms with Gasteiger partial charge in [-0.15, -0.1) is 0 Å². The smallest absolute Gasteiger partial charge is 0.293 e. The first-order chi connectivity index (χ1) is 11.1. The zero-order valence-corrected chi connectivity index (χ0v) is 14.6. The average Bonchev–Trinajstić information content (AvgIpc) is 2.65. The van der Waals surface area contributed by atoms with Gasteiger partial charge in [-0.1, -0.05) is 27.7 Å². The maximum Gasteiger partial charge on any atom is 0.293 e. The predicted molar refractivity (Wildman–Crippen MR) is 91.5 cm³/mol. The molecule has 0 aromatic carbocycles. The molecule has 23 heavy (non-hydrogen) atoms. The molecule has 1 saturated heterocycles. The zero-order chi connectivity index (χ0) is 17.7. The Morgan fingerprint density at radius 3 is 2.30 bits per heavy atom. The number of pyridine rings is 1. The number of aromatic nitrogens is 1. The van der Waals surface area contributed by atoms with Crippen LogP contribution in [-0.2, 0) is 0 Å². The Labute approximate surface area is 138 Å². The van der Waals surface area contributed by atoms with Gasteiger partial charge in [0.2, 0.25) is 0 Å². The van der Waals surface area contributed by atoms with Crippen LogP contribution in [0.3, 0.4) is 0 Å². The fourth-order valence-corrected chi connectivity index (χ4v) is 1.79. The van der Waals surface area contributed by atoms with Gasteiger partial charge in [0.25, 0.3) is 5.92 Å². The summed E-state index contributed by atoms with van der Waals surface area (Å²) in [6.45, 7) is 10.2. The Morgan fingerprint density at radius 2 is 1.83 bits per heavy atom. The number of anilines is 1. The standard InChI is InChI=1S/C12H18F2N4O.2C2H6/c13-12(14,8-15)9-19-10-1-2-11(17-7-10)18-5-3-16-4-6-18;2*1-2/h1-2,7,16H,3-6,8-9,15H2;2*1-2H3. The highest BCUT2D eigenvalue weighted by molar-refractivity contribution is 5.41. The number of nitrogens with one attached hydrogen (secondary N) is 1. The number of halogens is 2. The van der Waals surface area contributed by atoms with Crippen molar-refractivity contribution in [3.8, 4) is 5.75 Å². The normalized spacial score (nSPS) is 14.1. The van der Waals surface area contributed by atoms with E-state index < -0.39 is 19.1 Å². The Morgan fingerprint density at radius 1 is 1.22 bits per heavy atom. The second-order valence-electron chi connectivity index (χ2n) is 4.44. The lowest BCUT2D eigenvalue weighted by molar-refractivity contribution is -0.0320. The number of rotatable bonds is 5. The van der Waals surface area contributed by atoms with Gasteiger partial charge < -0.3 is 20.7 Å². The van der Waals surface area contributed by atoms with Gasteiger partial charge in [0.1, 0.15) is 11.6 Å². The Kier molecular flexibility index (Phi) is 11.2. The van der Waals surface area contributed by atoms with Crippen LogP contribution in [0, 0.1) is 0 Å². The third-order valence-electron chi connectivity index (χ3n) is 2.91. The summed E-state index contributed by atoms with van der Waals surface area (Å²) < 4.78 is 30.8. The van der Waals surface area contributed by atoms with E-state index in [9.17, 15) is 8.78 Å². The molecule has 0 amide bonds. The largest absolute Gasteiger partial charge is 0.486 e. The number of alkyl halides is 2. The van der Waals surface area contributed by atoms with E-state index in [4.69, 9.17) is 10.5 Å². The van der Waals surface area contributed by atoms with E-state index in [0.717, 1.165) is 32.0 Å². The van der Waals surface area contributed by atoms with Gasteiger partial charge in [-0.2, -0.15) is 0 Å². The highest BCUT2D eigenvalue weighted by Gasteiger charge is 2.27. The first-order valence-electron chi connectivity index (χ1n) is 8.23. The molecule has 1 aliphatic rings. The van der Waals surface area contributed by atoms with Gasteiger partial charge in [0.15, 0.2) is 6.61 Å². The van der Waals surface area contributed by atoms with Gasteiger partial charge >= 0.3 is 0 Å². The van der Waals surface area contributed by atoms with Crippen molar-refractivity contribution < 1.29 is 13.5 Å². The summed E-state index contributed by atoms with van der Waals surface area (Å²) in [6, 6.07) is 3.43. The maximum atomic E-state index is 12.9. The number of nitrogens with two attached hydrogens (primary N) is 1. The second kappa shape index (κ2) is 12.0. The lowest BCUT2D eigenvalue weighted by Crippen LogP contribution is -2.43. The third-order valence-corrected chi connectivity index (χ3v) is 2.91. The van der Waals surface area contributed by atoms with Crippen molar-refractivity contribution in [3.63, 3.8) is 0 Å². The zero-order valence-electron chi connectivity index (χ0n) is 14.6. The molecule has 1 aliphatic heterocycles. The molecule has 0 spiro atoms. The van der Waals surface area contributed by atoms with Crippen LogP contribution in [-0.4, -0.2) is 50.2 Å². The van der Waals surface area contributed by atoms with Crippen LogP contribution in [0.15, 0.2) is 18.3 Å². The summed E-state index contributed by atoms with van der Waals surface area (Å²) in [5.41, 5.74) is 4.93. The molecule has 0 unspecified atom stereocenters. The van der Waals surface area contributed by atoms with Crippen molar-refractivity contribution in [3.05, 3.63) is 18.3 Å².